The number of nitrogens with zero attached hydrogens (tertiary/aromatic N) is 5. The minimum absolute atomic E-state index is 0.00743. The second kappa shape index (κ2) is 8.44. The molecule has 1 saturated heterocycles. The van der Waals surface area contributed by atoms with E-state index in [2.05, 4.69) is 21.5 Å². The number of aryl methyl sites for hydroxylation is 1. The van der Waals surface area contributed by atoms with Gasteiger partial charge in [0.25, 0.3) is 5.91 Å². The maximum Gasteiger partial charge on any atom is 0.254 e. The van der Waals surface area contributed by atoms with Crippen LogP contribution in [0, 0.1) is 11.3 Å². The number of carbonyl (C=O) groups is 1. The van der Waals surface area contributed by atoms with Gasteiger partial charge in [0, 0.05) is 62.5 Å². The lowest BCUT2D eigenvalue weighted by atomic mass is 10.0. The maximum absolute atomic E-state index is 13.0. The molecule has 1 amide bonds. The van der Waals surface area contributed by atoms with Crippen molar-refractivity contribution in [3.05, 3.63) is 59.4 Å². The van der Waals surface area contributed by atoms with Gasteiger partial charge in [-0.05, 0) is 43.2 Å². The van der Waals surface area contributed by atoms with Crippen LogP contribution in [0.1, 0.15) is 40.4 Å². The van der Waals surface area contributed by atoms with Crippen LogP contribution < -0.4 is 10.1 Å². The third kappa shape index (κ3) is 4.07. The molecule has 0 unspecified atom stereocenters. The lowest BCUT2D eigenvalue weighted by Gasteiger charge is -2.27. The SMILES string of the molecule is Cn1nc(C2CC2)cc1Oc1cc(C#N)ccc1-c1cc(C(=O)N2CCNCC2)ccn1. The van der Waals surface area contributed by atoms with Crippen LogP contribution in [0.5, 0.6) is 11.6 Å². The molecule has 2 aliphatic rings. The van der Waals surface area contributed by atoms with Gasteiger partial charge in [-0.1, -0.05) is 0 Å². The summed E-state index contributed by atoms with van der Waals surface area (Å²) in [4.78, 5) is 19.3. The first-order valence-corrected chi connectivity index (χ1v) is 10.8. The molecule has 1 aromatic carbocycles. The molecular formula is C24H24N6O2. The quantitative estimate of drug-likeness (QED) is 0.671. The summed E-state index contributed by atoms with van der Waals surface area (Å²) in [5.74, 6) is 1.62. The van der Waals surface area contributed by atoms with E-state index in [1.807, 2.05) is 24.1 Å². The second-order valence-electron chi connectivity index (χ2n) is 8.20. The van der Waals surface area contributed by atoms with Crippen molar-refractivity contribution in [3.63, 3.8) is 0 Å². The highest BCUT2D eigenvalue weighted by atomic mass is 16.5. The Bertz CT molecular complexity index is 1200. The van der Waals surface area contributed by atoms with Crippen molar-refractivity contribution in [2.24, 2.45) is 7.05 Å². The summed E-state index contributed by atoms with van der Waals surface area (Å²) in [5.41, 5.74) is 3.44. The summed E-state index contributed by atoms with van der Waals surface area (Å²) in [6, 6.07) is 12.9. The highest BCUT2D eigenvalue weighted by Crippen LogP contribution is 2.41. The molecule has 3 heterocycles. The third-order valence-corrected chi connectivity index (χ3v) is 5.86. The van der Waals surface area contributed by atoms with Crippen LogP contribution in [-0.4, -0.2) is 51.8 Å². The molecule has 0 spiro atoms. The maximum atomic E-state index is 13.0. The molecule has 0 atom stereocenters. The van der Waals surface area contributed by atoms with Crippen LogP contribution in [0.3, 0.4) is 0 Å². The molecule has 1 aliphatic heterocycles. The Morgan fingerprint density at radius 2 is 2.00 bits per heavy atom. The Morgan fingerprint density at radius 3 is 2.75 bits per heavy atom. The van der Waals surface area contributed by atoms with Crippen LogP contribution in [0.2, 0.25) is 0 Å². The van der Waals surface area contributed by atoms with E-state index < -0.39 is 0 Å². The first-order chi connectivity index (χ1) is 15.6. The fraction of sp³-hybridized carbons (Fsp3) is 0.333. The monoisotopic (exact) mass is 428 g/mol. The number of nitrogens with one attached hydrogen (secondary N) is 1. The lowest BCUT2D eigenvalue weighted by molar-refractivity contribution is 0.0735. The fourth-order valence-electron chi connectivity index (χ4n) is 3.91. The zero-order valence-corrected chi connectivity index (χ0v) is 17.9. The van der Waals surface area contributed by atoms with Crippen molar-refractivity contribution in [2.45, 2.75) is 18.8 Å². The van der Waals surface area contributed by atoms with Crippen molar-refractivity contribution in [2.75, 3.05) is 26.2 Å². The predicted molar refractivity (Wildman–Crippen MR) is 118 cm³/mol. The Morgan fingerprint density at radius 1 is 1.19 bits per heavy atom. The molecule has 1 saturated carbocycles. The van der Waals surface area contributed by atoms with E-state index in [1.54, 1.807) is 35.1 Å². The molecule has 3 aromatic rings. The number of amides is 1. The van der Waals surface area contributed by atoms with E-state index in [0.29, 0.717) is 53.0 Å². The van der Waals surface area contributed by atoms with Gasteiger partial charge >= 0.3 is 0 Å². The number of ether oxygens (including phenoxy) is 1. The van der Waals surface area contributed by atoms with Crippen LogP contribution in [0.4, 0.5) is 0 Å². The molecule has 2 fully saturated rings. The number of benzene rings is 1. The number of hydrogen-bond donors (Lipinski definition) is 1. The molecule has 1 N–H and O–H groups in total. The Kier molecular flexibility index (Phi) is 5.33. The Hall–Kier alpha value is -3.70. The van der Waals surface area contributed by atoms with Crippen LogP contribution in [0.25, 0.3) is 11.3 Å². The Balaban J connectivity index is 1.48. The van der Waals surface area contributed by atoms with E-state index in [9.17, 15) is 10.1 Å². The zero-order valence-electron chi connectivity index (χ0n) is 17.9. The summed E-state index contributed by atoms with van der Waals surface area (Å²) in [6.07, 6.45) is 3.95. The second-order valence-corrected chi connectivity index (χ2v) is 8.20. The van der Waals surface area contributed by atoms with E-state index in [4.69, 9.17) is 4.74 Å². The van der Waals surface area contributed by atoms with Gasteiger partial charge in [0.05, 0.1) is 23.0 Å². The summed E-state index contributed by atoms with van der Waals surface area (Å²) in [6.45, 7) is 2.97. The van der Waals surface area contributed by atoms with E-state index in [-0.39, 0.29) is 5.91 Å². The first kappa shape index (κ1) is 20.2. The minimum Gasteiger partial charge on any atom is -0.439 e. The van der Waals surface area contributed by atoms with Crippen molar-refractivity contribution in [3.8, 4) is 29.0 Å². The van der Waals surface area contributed by atoms with E-state index >= 15 is 0 Å². The molecule has 32 heavy (non-hydrogen) atoms. The molecule has 0 radical (unpaired) electrons. The largest absolute Gasteiger partial charge is 0.439 e. The minimum atomic E-state index is -0.00743. The van der Waals surface area contributed by atoms with Crippen molar-refractivity contribution >= 4 is 5.91 Å². The summed E-state index contributed by atoms with van der Waals surface area (Å²) < 4.78 is 7.93. The molecular weight excluding hydrogens is 404 g/mol. The number of carbonyl (C=O) groups excluding carboxylic acids is 1. The summed E-state index contributed by atoms with van der Waals surface area (Å²) in [5, 5.41) is 17.2. The van der Waals surface area contributed by atoms with Gasteiger partial charge in [0.2, 0.25) is 5.88 Å². The number of hydrogen-bond acceptors (Lipinski definition) is 6. The number of rotatable bonds is 5. The molecule has 2 aromatic heterocycles. The van der Waals surface area contributed by atoms with Crippen LogP contribution in [-0.2, 0) is 7.05 Å². The number of nitriles is 1. The highest BCUT2D eigenvalue weighted by Gasteiger charge is 2.27. The number of piperazine rings is 1. The first-order valence-electron chi connectivity index (χ1n) is 10.8. The third-order valence-electron chi connectivity index (χ3n) is 5.86. The fourth-order valence-corrected chi connectivity index (χ4v) is 3.91. The van der Waals surface area contributed by atoms with Crippen molar-refractivity contribution < 1.29 is 9.53 Å². The molecule has 1 aliphatic carbocycles. The molecule has 162 valence electrons. The van der Waals surface area contributed by atoms with Crippen LogP contribution >= 0.6 is 0 Å². The van der Waals surface area contributed by atoms with Crippen molar-refractivity contribution in [1.29, 1.82) is 5.26 Å². The van der Waals surface area contributed by atoms with Gasteiger partial charge in [-0.2, -0.15) is 10.4 Å². The zero-order chi connectivity index (χ0) is 22.1. The number of aromatic nitrogens is 3. The molecule has 5 rings (SSSR count). The topological polar surface area (TPSA) is 96.1 Å². The summed E-state index contributed by atoms with van der Waals surface area (Å²) >= 11 is 0. The smallest absolute Gasteiger partial charge is 0.254 e. The predicted octanol–water partition coefficient (Wildman–Crippen LogP) is 3.07. The van der Waals surface area contributed by atoms with Crippen molar-refractivity contribution in [1.82, 2.24) is 25.0 Å². The number of pyridine rings is 1. The van der Waals surface area contributed by atoms with E-state index in [1.165, 1.54) is 0 Å². The molecule has 8 nitrogen and oxygen atoms in total. The average molecular weight is 428 g/mol. The highest BCUT2D eigenvalue weighted by molar-refractivity contribution is 5.95. The van der Waals surface area contributed by atoms with Gasteiger partial charge < -0.3 is 15.0 Å². The normalized spacial score (nSPS) is 15.9. The van der Waals surface area contributed by atoms with Gasteiger partial charge in [-0.15, -0.1) is 0 Å². The van der Waals surface area contributed by atoms with Gasteiger partial charge in [-0.3, -0.25) is 9.78 Å². The summed E-state index contributed by atoms with van der Waals surface area (Å²) in [7, 11) is 1.85. The average Bonchev–Trinajstić information content (AvgIpc) is 3.63. The van der Waals surface area contributed by atoms with E-state index in [0.717, 1.165) is 31.6 Å². The van der Waals surface area contributed by atoms with Gasteiger partial charge in [0.1, 0.15) is 5.75 Å². The Labute approximate surface area is 186 Å². The molecule has 8 heteroatoms. The van der Waals surface area contributed by atoms with Gasteiger partial charge in [-0.25, -0.2) is 4.68 Å². The lowest BCUT2D eigenvalue weighted by Crippen LogP contribution is -2.46. The van der Waals surface area contributed by atoms with Crippen LogP contribution in [0.15, 0.2) is 42.6 Å². The standard InChI is InChI=1S/C24H24N6O2/c1-29-23(14-20(28-29)17-3-4-17)32-22-12-16(15-25)2-5-19(22)21-13-18(6-7-27-21)24(31)30-10-8-26-9-11-30/h2,5-7,12-14,17,26H,3-4,8-11H2,1H3. The molecule has 0 bridgehead atoms. The van der Waals surface area contributed by atoms with Gasteiger partial charge in [0.15, 0.2) is 0 Å².